The van der Waals surface area contributed by atoms with Gasteiger partial charge in [0.25, 0.3) is 5.97 Å². The molecule has 1 N–H and O–H groups in total. The van der Waals surface area contributed by atoms with Crippen LogP contribution in [0.15, 0.2) is 47.6 Å². The smallest absolute Gasteiger partial charge is 0.300 e. The highest BCUT2D eigenvalue weighted by Gasteiger charge is 2.05. The molecule has 0 heterocycles. The summed E-state index contributed by atoms with van der Waals surface area (Å²) in [5, 5.41) is 7.42. The number of rotatable bonds is 1. The van der Waals surface area contributed by atoms with Crippen molar-refractivity contribution >= 4 is 5.97 Å². The molecule has 14 heavy (non-hydrogen) atoms. The van der Waals surface area contributed by atoms with Crippen LogP contribution in [-0.2, 0) is 4.79 Å². The van der Waals surface area contributed by atoms with E-state index in [0.717, 1.165) is 19.8 Å². The van der Waals surface area contributed by atoms with Crippen LogP contribution >= 0.6 is 0 Å². The lowest BCUT2D eigenvalue weighted by atomic mass is 10.1. The average molecular weight is 190 g/mol. The number of hydrogen-bond donors (Lipinski definition) is 1. The van der Waals surface area contributed by atoms with Gasteiger partial charge in [-0.1, -0.05) is 36.5 Å². The van der Waals surface area contributed by atoms with Crippen molar-refractivity contribution in [2.24, 2.45) is 0 Å². The summed E-state index contributed by atoms with van der Waals surface area (Å²) in [6.45, 7) is 1.08. The molecule has 0 radical (unpaired) electrons. The largest absolute Gasteiger partial charge is 0.481 e. The summed E-state index contributed by atoms with van der Waals surface area (Å²) < 4.78 is 0. The highest BCUT2D eigenvalue weighted by Crippen LogP contribution is 2.25. The quantitative estimate of drug-likeness (QED) is 0.690. The molecule has 74 valence electrons. The van der Waals surface area contributed by atoms with Gasteiger partial charge in [-0.15, -0.1) is 0 Å². The third kappa shape index (κ3) is 3.44. The molecule has 2 nitrogen and oxygen atoms in total. The molecule has 0 aromatic carbocycles. The van der Waals surface area contributed by atoms with Crippen LogP contribution in [0.25, 0.3) is 0 Å². The molecule has 2 aliphatic carbocycles. The van der Waals surface area contributed by atoms with Crippen molar-refractivity contribution in [1.82, 2.24) is 0 Å². The van der Waals surface area contributed by atoms with Crippen LogP contribution in [0.4, 0.5) is 0 Å². The molecular formula is C12H14O2. The van der Waals surface area contributed by atoms with Gasteiger partial charge >= 0.3 is 0 Å². The van der Waals surface area contributed by atoms with Crippen LogP contribution in [-0.4, -0.2) is 11.1 Å². The topological polar surface area (TPSA) is 37.3 Å². The standard InChI is InChI=1S/C10H10.C2H4O2/c1-2-6-9(5-1)10-7-3-4-8-10;1-2(3)4/h1-5,7H,6,8H2;1H3,(H,3,4). The second kappa shape index (κ2) is 5.22. The number of aliphatic carboxylic acids is 1. The first-order valence-corrected chi connectivity index (χ1v) is 4.61. The fourth-order valence-electron chi connectivity index (χ4n) is 1.37. The number of allylic oxidation sites excluding steroid dienone is 8. The molecule has 0 fully saturated rings. The van der Waals surface area contributed by atoms with Gasteiger partial charge in [-0.3, -0.25) is 4.79 Å². The SMILES string of the molecule is C1=CCC(C2=CC=CC2)=C1.CC(=O)O. The van der Waals surface area contributed by atoms with Crippen LogP contribution in [0.3, 0.4) is 0 Å². The predicted molar refractivity (Wildman–Crippen MR) is 57.0 cm³/mol. The molecule has 2 aliphatic rings. The van der Waals surface area contributed by atoms with Gasteiger partial charge in [0.15, 0.2) is 0 Å². The summed E-state index contributed by atoms with van der Waals surface area (Å²) in [6, 6.07) is 0. The van der Waals surface area contributed by atoms with E-state index < -0.39 is 5.97 Å². The maximum absolute atomic E-state index is 9.00. The third-order valence-electron chi connectivity index (χ3n) is 1.95. The van der Waals surface area contributed by atoms with Crippen molar-refractivity contribution in [3.05, 3.63) is 47.6 Å². The lowest BCUT2D eigenvalue weighted by Crippen LogP contribution is -1.80. The third-order valence-corrected chi connectivity index (χ3v) is 1.95. The van der Waals surface area contributed by atoms with Gasteiger partial charge in [-0.2, -0.15) is 0 Å². The van der Waals surface area contributed by atoms with Crippen LogP contribution in [0.1, 0.15) is 19.8 Å². The molecule has 2 heteroatoms. The molecule has 0 atom stereocenters. The van der Waals surface area contributed by atoms with Crippen molar-refractivity contribution in [2.45, 2.75) is 19.8 Å². The van der Waals surface area contributed by atoms with Crippen LogP contribution in [0.5, 0.6) is 0 Å². The van der Waals surface area contributed by atoms with E-state index in [9.17, 15) is 0 Å². The molecule has 0 saturated heterocycles. The van der Waals surface area contributed by atoms with Crippen LogP contribution < -0.4 is 0 Å². The number of carboxylic acids is 1. The summed E-state index contributed by atoms with van der Waals surface area (Å²) in [6.07, 6.45) is 15.4. The second-order valence-corrected chi connectivity index (χ2v) is 3.17. The zero-order valence-electron chi connectivity index (χ0n) is 8.23. The zero-order chi connectivity index (χ0) is 10.4. The van der Waals surface area contributed by atoms with E-state index >= 15 is 0 Å². The van der Waals surface area contributed by atoms with Gasteiger partial charge < -0.3 is 5.11 Å². The van der Waals surface area contributed by atoms with E-state index in [0.29, 0.717) is 0 Å². The van der Waals surface area contributed by atoms with Gasteiger partial charge in [0.1, 0.15) is 0 Å². The summed E-state index contributed by atoms with van der Waals surface area (Å²) in [5.41, 5.74) is 2.98. The summed E-state index contributed by atoms with van der Waals surface area (Å²) in [5.74, 6) is -0.833. The summed E-state index contributed by atoms with van der Waals surface area (Å²) in [4.78, 5) is 9.00. The highest BCUT2D eigenvalue weighted by molar-refractivity contribution is 5.62. The van der Waals surface area contributed by atoms with Crippen molar-refractivity contribution < 1.29 is 9.90 Å². The minimum absolute atomic E-state index is 0.833. The molecular weight excluding hydrogens is 176 g/mol. The molecule has 0 aromatic rings. The molecule has 0 aliphatic heterocycles. The Kier molecular flexibility index (Phi) is 3.92. The molecule has 0 spiro atoms. The molecule has 0 saturated carbocycles. The lowest BCUT2D eigenvalue weighted by molar-refractivity contribution is -0.134. The summed E-state index contributed by atoms with van der Waals surface area (Å²) in [7, 11) is 0. The average Bonchev–Trinajstić information content (AvgIpc) is 2.76. The molecule has 0 unspecified atom stereocenters. The van der Waals surface area contributed by atoms with Gasteiger partial charge in [0.05, 0.1) is 0 Å². The predicted octanol–water partition coefficient (Wildman–Crippen LogP) is 2.85. The number of hydrogen-bond acceptors (Lipinski definition) is 1. The number of carbonyl (C=O) groups is 1. The van der Waals surface area contributed by atoms with Crippen LogP contribution in [0, 0.1) is 0 Å². The Morgan fingerprint density at radius 3 is 1.71 bits per heavy atom. The van der Waals surface area contributed by atoms with Crippen molar-refractivity contribution in [3.8, 4) is 0 Å². The van der Waals surface area contributed by atoms with E-state index in [1.165, 1.54) is 11.1 Å². The molecule has 2 rings (SSSR count). The first-order valence-electron chi connectivity index (χ1n) is 4.61. The van der Waals surface area contributed by atoms with Gasteiger partial charge in [-0.25, -0.2) is 0 Å². The Balaban J connectivity index is 0.000000213. The highest BCUT2D eigenvalue weighted by atomic mass is 16.4. The fourth-order valence-corrected chi connectivity index (χ4v) is 1.37. The van der Waals surface area contributed by atoms with Gasteiger partial charge in [0.2, 0.25) is 0 Å². The first-order chi connectivity index (χ1) is 6.70. The van der Waals surface area contributed by atoms with E-state index in [2.05, 4.69) is 36.5 Å². The van der Waals surface area contributed by atoms with Crippen LogP contribution in [0.2, 0.25) is 0 Å². The van der Waals surface area contributed by atoms with Gasteiger partial charge in [0, 0.05) is 6.92 Å². The normalized spacial score (nSPS) is 17.2. The van der Waals surface area contributed by atoms with E-state index in [1.54, 1.807) is 0 Å². The maximum atomic E-state index is 9.00. The van der Waals surface area contributed by atoms with Gasteiger partial charge in [-0.05, 0) is 24.0 Å². The second-order valence-electron chi connectivity index (χ2n) is 3.17. The van der Waals surface area contributed by atoms with Crippen molar-refractivity contribution in [3.63, 3.8) is 0 Å². The zero-order valence-corrected chi connectivity index (χ0v) is 8.23. The summed E-state index contributed by atoms with van der Waals surface area (Å²) >= 11 is 0. The Labute approximate surface area is 83.9 Å². The lowest BCUT2D eigenvalue weighted by Gasteiger charge is -1.99. The molecule has 0 aromatic heterocycles. The van der Waals surface area contributed by atoms with E-state index in [-0.39, 0.29) is 0 Å². The Hall–Kier alpha value is -1.57. The Morgan fingerprint density at radius 1 is 1.14 bits per heavy atom. The van der Waals surface area contributed by atoms with E-state index in [1.807, 2.05) is 0 Å². The minimum Gasteiger partial charge on any atom is -0.481 e. The monoisotopic (exact) mass is 190 g/mol. The van der Waals surface area contributed by atoms with E-state index in [4.69, 9.17) is 9.90 Å². The minimum atomic E-state index is -0.833. The number of carboxylic acid groups (broad SMARTS) is 1. The fraction of sp³-hybridized carbons (Fsp3) is 0.250. The first kappa shape index (κ1) is 10.5. The Morgan fingerprint density at radius 2 is 1.50 bits per heavy atom. The van der Waals surface area contributed by atoms with Crippen molar-refractivity contribution in [2.75, 3.05) is 0 Å². The van der Waals surface area contributed by atoms with Crippen molar-refractivity contribution in [1.29, 1.82) is 0 Å². The maximum Gasteiger partial charge on any atom is 0.300 e. The molecule has 0 bridgehead atoms. The Bertz CT molecular complexity index is 298. The molecule has 0 amide bonds.